The van der Waals surface area contributed by atoms with Gasteiger partial charge in [0.25, 0.3) is 0 Å². The van der Waals surface area contributed by atoms with Gasteiger partial charge in [0.15, 0.2) is 0 Å². The molecule has 0 aromatic heterocycles. The molecule has 1 aliphatic carbocycles. The highest BCUT2D eigenvalue weighted by Crippen LogP contribution is 2.29. The summed E-state index contributed by atoms with van der Waals surface area (Å²) in [7, 11) is -3.21. The third kappa shape index (κ3) is 3.82. The number of halogens is 3. The summed E-state index contributed by atoms with van der Waals surface area (Å²) in [6, 6.07) is 0. The van der Waals surface area contributed by atoms with Gasteiger partial charge in [0, 0.05) is 32.7 Å². The zero-order valence-corrected chi connectivity index (χ0v) is 11.5. The first-order valence-corrected chi connectivity index (χ1v) is 8.07. The first-order valence-electron chi connectivity index (χ1n) is 6.57. The minimum Gasteiger partial charge on any atom is -0.300 e. The third-order valence-corrected chi connectivity index (χ3v) is 6.27. The lowest BCUT2D eigenvalue weighted by Gasteiger charge is -2.37. The fraction of sp³-hybridized carbons (Fsp3) is 1.00. The van der Waals surface area contributed by atoms with Crippen molar-refractivity contribution >= 4 is 10.0 Å². The van der Waals surface area contributed by atoms with E-state index in [1.165, 1.54) is 4.31 Å². The molecule has 0 bridgehead atoms. The molecule has 0 aromatic carbocycles. The van der Waals surface area contributed by atoms with Gasteiger partial charge in [-0.3, -0.25) is 0 Å². The summed E-state index contributed by atoms with van der Waals surface area (Å²) in [5.74, 6) is 0. The van der Waals surface area contributed by atoms with Crippen LogP contribution in [0.25, 0.3) is 0 Å². The van der Waals surface area contributed by atoms with Crippen LogP contribution in [0.5, 0.6) is 0 Å². The molecule has 4 nitrogen and oxygen atoms in total. The molecule has 0 aromatic rings. The van der Waals surface area contributed by atoms with Gasteiger partial charge in [0.1, 0.15) is 0 Å². The predicted octanol–water partition coefficient (Wildman–Crippen LogP) is 1.44. The fourth-order valence-electron chi connectivity index (χ4n) is 2.37. The maximum Gasteiger partial charge on any atom is 0.390 e. The zero-order chi connectivity index (χ0) is 14.1. The molecule has 0 amide bonds. The Morgan fingerprint density at radius 3 is 2.05 bits per heavy atom. The molecule has 1 saturated carbocycles. The highest BCUT2D eigenvalue weighted by molar-refractivity contribution is 7.89. The van der Waals surface area contributed by atoms with Crippen LogP contribution < -0.4 is 0 Å². The second-order valence-corrected chi connectivity index (χ2v) is 7.42. The standard InChI is InChI=1S/C11H19F3N2O2S/c12-11(13,14)4-5-15-6-8-16(9-7-15)19(17,18)10-2-1-3-10/h10H,1-9H2. The molecule has 1 aliphatic heterocycles. The Labute approximate surface area is 111 Å². The third-order valence-electron chi connectivity index (χ3n) is 3.88. The Kier molecular flexibility index (Phi) is 4.42. The molecule has 0 spiro atoms. The van der Waals surface area contributed by atoms with Gasteiger partial charge >= 0.3 is 6.18 Å². The zero-order valence-electron chi connectivity index (χ0n) is 10.7. The number of rotatable bonds is 4. The van der Waals surface area contributed by atoms with E-state index in [4.69, 9.17) is 0 Å². The topological polar surface area (TPSA) is 40.6 Å². The quantitative estimate of drug-likeness (QED) is 0.789. The molecular formula is C11H19F3N2O2S. The van der Waals surface area contributed by atoms with Crippen molar-refractivity contribution in [1.82, 2.24) is 9.21 Å². The van der Waals surface area contributed by atoms with Crippen LogP contribution >= 0.6 is 0 Å². The molecule has 19 heavy (non-hydrogen) atoms. The Bertz CT molecular complexity index is 399. The molecule has 0 N–H and O–H groups in total. The van der Waals surface area contributed by atoms with Crippen LogP contribution in [-0.2, 0) is 10.0 Å². The normalized spacial score (nSPS) is 24.4. The molecule has 112 valence electrons. The maximum atomic E-state index is 12.1. The summed E-state index contributed by atoms with van der Waals surface area (Å²) in [6.45, 7) is 1.37. The molecule has 0 atom stereocenters. The van der Waals surface area contributed by atoms with Gasteiger partial charge in [-0.1, -0.05) is 6.42 Å². The Morgan fingerprint density at radius 1 is 1.05 bits per heavy atom. The number of hydrogen-bond donors (Lipinski definition) is 0. The Balaban J connectivity index is 1.79. The van der Waals surface area contributed by atoms with E-state index in [0.29, 0.717) is 26.2 Å². The van der Waals surface area contributed by atoms with Crippen LogP contribution in [-0.4, -0.2) is 61.8 Å². The molecule has 0 radical (unpaired) electrons. The van der Waals surface area contributed by atoms with E-state index < -0.39 is 22.6 Å². The average Bonchev–Trinajstić information content (AvgIpc) is 2.23. The summed E-state index contributed by atoms with van der Waals surface area (Å²) < 4.78 is 62.0. The second kappa shape index (κ2) is 5.57. The average molecular weight is 300 g/mol. The smallest absolute Gasteiger partial charge is 0.300 e. The van der Waals surface area contributed by atoms with Crippen molar-refractivity contribution < 1.29 is 21.6 Å². The summed E-state index contributed by atoms with van der Waals surface area (Å²) in [6.07, 6.45) is -2.58. The molecular weight excluding hydrogens is 281 g/mol. The van der Waals surface area contributed by atoms with Gasteiger partial charge in [-0.25, -0.2) is 8.42 Å². The number of alkyl halides is 3. The lowest BCUT2D eigenvalue weighted by atomic mass is 10.0. The van der Waals surface area contributed by atoms with Gasteiger partial charge in [0.05, 0.1) is 11.7 Å². The molecule has 2 fully saturated rings. The molecule has 2 aliphatic rings. The first-order chi connectivity index (χ1) is 8.79. The van der Waals surface area contributed by atoms with Crippen LogP contribution in [0.3, 0.4) is 0 Å². The van der Waals surface area contributed by atoms with Crippen molar-refractivity contribution in [2.75, 3.05) is 32.7 Å². The van der Waals surface area contributed by atoms with E-state index in [1.54, 1.807) is 4.90 Å². The Morgan fingerprint density at radius 2 is 1.63 bits per heavy atom. The van der Waals surface area contributed by atoms with Crippen LogP contribution in [0.1, 0.15) is 25.7 Å². The highest BCUT2D eigenvalue weighted by atomic mass is 32.2. The summed E-state index contributed by atoms with van der Waals surface area (Å²) in [5.41, 5.74) is 0. The number of nitrogens with zero attached hydrogens (tertiary/aromatic N) is 2. The van der Waals surface area contributed by atoms with E-state index in [2.05, 4.69) is 0 Å². The summed E-state index contributed by atoms with van der Waals surface area (Å²) >= 11 is 0. The minimum atomic E-state index is -4.14. The number of piperazine rings is 1. The molecule has 8 heteroatoms. The second-order valence-electron chi connectivity index (χ2n) is 5.20. The van der Waals surface area contributed by atoms with Crippen LogP contribution in [0.4, 0.5) is 13.2 Å². The number of sulfonamides is 1. The van der Waals surface area contributed by atoms with Crippen LogP contribution in [0.2, 0.25) is 0 Å². The van der Waals surface area contributed by atoms with Crippen molar-refractivity contribution in [3.63, 3.8) is 0 Å². The summed E-state index contributed by atoms with van der Waals surface area (Å²) in [4.78, 5) is 1.68. The monoisotopic (exact) mass is 300 g/mol. The van der Waals surface area contributed by atoms with Crippen molar-refractivity contribution in [3.05, 3.63) is 0 Å². The molecule has 1 saturated heterocycles. The molecule has 0 unspecified atom stereocenters. The highest BCUT2D eigenvalue weighted by Gasteiger charge is 2.37. The van der Waals surface area contributed by atoms with E-state index in [-0.39, 0.29) is 11.8 Å². The summed E-state index contributed by atoms with van der Waals surface area (Å²) in [5, 5.41) is -0.255. The van der Waals surface area contributed by atoms with Gasteiger partial charge in [-0.05, 0) is 12.8 Å². The predicted molar refractivity (Wildman–Crippen MR) is 65.2 cm³/mol. The van der Waals surface area contributed by atoms with E-state index >= 15 is 0 Å². The van der Waals surface area contributed by atoms with E-state index in [1.807, 2.05) is 0 Å². The molecule has 2 rings (SSSR count). The van der Waals surface area contributed by atoms with Crippen LogP contribution in [0, 0.1) is 0 Å². The van der Waals surface area contributed by atoms with Crippen LogP contribution in [0.15, 0.2) is 0 Å². The lowest BCUT2D eigenvalue weighted by Crippen LogP contribution is -2.52. The lowest BCUT2D eigenvalue weighted by molar-refractivity contribution is -0.138. The van der Waals surface area contributed by atoms with Crippen molar-refractivity contribution in [2.45, 2.75) is 37.1 Å². The molecule has 1 heterocycles. The van der Waals surface area contributed by atoms with Gasteiger partial charge in [-0.15, -0.1) is 0 Å². The van der Waals surface area contributed by atoms with E-state index in [0.717, 1.165) is 19.3 Å². The van der Waals surface area contributed by atoms with Gasteiger partial charge < -0.3 is 4.90 Å². The number of hydrogen-bond acceptors (Lipinski definition) is 3. The van der Waals surface area contributed by atoms with E-state index in [9.17, 15) is 21.6 Å². The van der Waals surface area contributed by atoms with Gasteiger partial charge in [0.2, 0.25) is 10.0 Å². The maximum absolute atomic E-state index is 12.1. The van der Waals surface area contributed by atoms with Crippen molar-refractivity contribution in [1.29, 1.82) is 0 Å². The van der Waals surface area contributed by atoms with Crippen molar-refractivity contribution in [2.24, 2.45) is 0 Å². The SMILES string of the molecule is O=S(=O)(C1CCC1)N1CCN(CCC(F)(F)F)CC1. The first kappa shape index (κ1) is 15.1. The fourth-order valence-corrected chi connectivity index (χ4v) is 4.39. The minimum absolute atomic E-state index is 0.0409. The Hall–Kier alpha value is -0.340. The van der Waals surface area contributed by atoms with Gasteiger partial charge in [-0.2, -0.15) is 17.5 Å². The largest absolute Gasteiger partial charge is 0.390 e. The van der Waals surface area contributed by atoms with Crippen molar-refractivity contribution in [3.8, 4) is 0 Å².